The number of anilines is 1. The predicted molar refractivity (Wildman–Crippen MR) is 165 cm³/mol. The molecule has 1 saturated heterocycles. The molecule has 11 heteroatoms. The standard InChI is InChI=1S/C33H31N5O6/c1-20-4-6-21(7-5-20)25-19-38(22-11-14-43-15-12-22)37-31(32(25)39)33(40)36-30-9-8-23(18-35-30)44-27-10-13-34-26-17-29(42-3)28(41-2)16-24(26)27/h4-10,13,16-19,22H,11-12,14-15H2,1-3H3,(H,35,36,40). The number of carbonyl (C=O) groups is 1. The van der Waals surface area contributed by atoms with E-state index in [0.717, 1.165) is 29.4 Å². The molecule has 3 aromatic heterocycles. The van der Waals surface area contributed by atoms with Gasteiger partial charge >= 0.3 is 0 Å². The van der Waals surface area contributed by atoms with Crippen LogP contribution in [0.3, 0.4) is 0 Å². The minimum atomic E-state index is -0.646. The van der Waals surface area contributed by atoms with Gasteiger partial charge in [-0.15, -0.1) is 0 Å². The zero-order valence-electron chi connectivity index (χ0n) is 24.6. The van der Waals surface area contributed by atoms with Gasteiger partial charge in [0.15, 0.2) is 17.2 Å². The summed E-state index contributed by atoms with van der Waals surface area (Å²) in [6.07, 6.45) is 6.33. The largest absolute Gasteiger partial charge is 0.493 e. The van der Waals surface area contributed by atoms with Gasteiger partial charge < -0.3 is 24.3 Å². The van der Waals surface area contributed by atoms with Gasteiger partial charge in [0, 0.05) is 42.6 Å². The molecule has 0 saturated carbocycles. The number of ether oxygens (including phenoxy) is 4. The van der Waals surface area contributed by atoms with E-state index in [1.165, 1.54) is 6.20 Å². The summed E-state index contributed by atoms with van der Waals surface area (Å²) in [6.45, 7) is 3.16. The van der Waals surface area contributed by atoms with Crippen molar-refractivity contribution in [2.24, 2.45) is 0 Å². The van der Waals surface area contributed by atoms with Crippen molar-refractivity contribution in [2.45, 2.75) is 25.8 Å². The molecule has 1 N–H and O–H groups in total. The Bertz CT molecular complexity index is 1870. The Kier molecular flexibility index (Phi) is 8.20. The lowest BCUT2D eigenvalue weighted by molar-refractivity contribution is 0.0655. The van der Waals surface area contributed by atoms with Gasteiger partial charge in [0.25, 0.3) is 5.91 Å². The number of hydrogen-bond acceptors (Lipinski definition) is 9. The first-order valence-corrected chi connectivity index (χ1v) is 14.2. The molecule has 1 aliphatic rings. The lowest BCUT2D eigenvalue weighted by atomic mass is 10.0. The second-order valence-electron chi connectivity index (χ2n) is 10.4. The van der Waals surface area contributed by atoms with Crippen molar-refractivity contribution in [3.8, 4) is 34.1 Å². The molecule has 1 fully saturated rings. The summed E-state index contributed by atoms with van der Waals surface area (Å²) < 4.78 is 24.1. The summed E-state index contributed by atoms with van der Waals surface area (Å²) in [5.74, 6) is 1.68. The third-order valence-electron chi connectivity index (χ3n) is 7.49. The second-order valence-corrected chi connectivity index (χ2v) is 10.4. The Morgan fingerprint density at radius 2 is 1.70 bits per heavy atom. The lowest BCUT2D eigenvalue weighted by Gasteiger charge is -2.24. The molecular weight excluding hydrogens is 562 g/mol. The van der Waals surface area contributed by atoms with Crippen molar-refractivity contribution >= 4 is 22.6 Å². The van der Waals surface area contributed by atoms with Crippen molar-refractivity contribution in [1.29, 1.82) is 0 Å². The quantitative estimate of drug-likeness (QED) is 0.245. The third kappa shape index (κ3) is 5.95. The van der Waals surface area contributed by atoms with Crippen LogP contribution in [0.2, 0.25) is 0 Å². The molecule has 11 nitrogen and oxygen atoms in total. The topological polar surface area (TPSA) is 127 Å². The van der Waals surface area contributed by atoms with Crippen LogP contribution in [0, 0.1) is 6.92 Å². The van der Waals surface area contributed by atoms with Crippen LogP contribution in [-0.4, -0.2) is 53.1 Å². The van der Waals surface area contributed by atoms with Gasteiger partial charge in [-0.2, -0.15) is 5.10 Å². The van der Waals surface area contributed by atoms with Gasteiger partial charge in [0.2, 0.25) is 5.43 Å². The number of pyridine rings is 2. The highest BCUT2D eigenvalue weighted by atomic mass is 16.5. The maximum Gasteiger partial charge on any atom is 0.281 e. The monoisotopic (exact) mass is 593 g/mol. The van der Waals surface area contributed by atoms with E-state index in [1.54, 1.807) is 61.6 Å². The second kappa shape index (κ2) is 12.5. The fourth-order valence-corrected chi connectivity index (χ4v) is 5.09. The maximum absolute atomic E-state index is 13.5. The van der Waals surface area contributed by atoms with Crippen molar-refractivity contribution < 1.29 is 23.7 Å². The molecular formula is C33H31N5O6. The first kappa shape index (κ1) is 28.8. The van der Waals surface area contributed by atoms with E-state index in [-0.39, 0.29) is 17.6 Å². The highest BCUT2D eigenvalue weighted by molar-refractivity contribution is 6.02. The summed E-state index contributed by atoms with van der Waals surface area (Å²) >= 11 is 0. The Morgan fingerprint density at radius 3 is 2.41 bits per heavy atom. The SMILES string of the molecule is COc1cc2nccc(Oc3ccc(NC(=O)c4nn(C5CCOCC5)cc(-c5ccc(C)cc5)c4=O)nc3)c2cc1OC. The molecule has 5 aromatic rings. The number of amides is 1. The van der Waals surface area contributed by atoms with Crippen molar-refractivity contribution in [2.75, 3.05) is 32.8 Å². The summed E-state index contributed by atoms with van der Waals surface area (Å²) in [5.41, 5.74) is 2.21. The van der Waals surface area contributed by atoms with E-state index in [0.29, 0.717) is 47.3 Å². The third-order valence-corrected chi connectivity index (χ3v) is 7.49. The molecule has 44 heavy (non-hydrogen) atoms. The molecule has 224 valence electrons. The van der Waals surface area contributed by atoms with Gasteiger partial charge in [0.05, 0.1) is 32.0 Å². The van der Waals surface area contributed by atoms with E-state index >= 15 is 0 Å². The van der Waals surface area contributed by atoms with Gasteiger partial charge in [-0.3, -0.25) is 19.3 Å². The Morgan fingerprint density at radius 1 is 0.955 bits per heavy atom. The number of aromatic nitrogens is 4. The van der Waals surface area contributed by atoms with E-state index in [4.69, 9.17) is 18.9 Å². The fraction of sp³-hybridized carbons (Fsp3) is 0.242. The van der Waals surface area contributed by atoms with Gasteiger partial charge in [-0.1, -0.05) is 29.8 Å². The van der Waals surface area contributed by atoms with Crippen LogP contribution in [-0.2, 0) is 4.74 Å². The van der Waals surface area contributed by atoms with E-state index in [2.05, 4.69) is 20.4 Å². The Balaban J connectivity index is 1.26. The molecule has 1 amide bonds. The van der Waals surface area contributed by atoms with Crippen molar-refractivity contribution in [1.82, 2.24) is 19.7 Å². The minimum absolute atomic E-state index is 0.0139. The zero-order chi connectivity index (χ0) is 30.6. The lowest BCUT2D eigenvalue weighted by Crippen LogP contribution is -2.30. The predicted octanol–water partition coefficient (Wildman–Crippen LogP) is 5.58. The molecule has 4 heterocycles. The summed E-state index contributed by atoms with van der Waals surface area (Å²) in [7, 11) is 3.13. The van der Waals surface area contributed by atoms with Gasteiger partial charge in [-0.25, -0.2) is 4.98 Å². The summed E-state index contributed by atoms with van der Waals surface area (Å²) in [4.78, 5) is 35.7. The molecule has 0 atom stereocenters. The van der Waals surface area contributed by atoms with E-state index < -0.39 is 11.3 Å². The molecule has 0 radical (unpaired) electrons. The number of carbonyl (C=O) groups excluding carboxylic acids is 1. The number of fused-ring (bicyclic) bond motifs is 1. The summed E-state index contributed by atoms with van der Waals surface area (Å²) in [6, 6.07) is 16.2. The minimum Gasteiger partial charge on any atom is -0.493 e. The molecule has 0 spiro atoms. The number of nitrogens with one attached hydrogen (secondary N) is 1. The van der Waals surface area contributed by atoms with E-state index in [9.17, 15) is 9.59 Å². The van der Waals surface area contributed by atoms with E-state index in [1.807, 2.05) is 31.2 Å². The highest BCUT2D eigenvalue weighted by Gasteiger charge is 2.23. The molecule has 0 bridgehead atoms. The van der Waals surface area contributed by atoms with Crippen LogP contribution in [0.15, 0.2) is 78.0 Å². The first-order valence-electron chi connectivity index (χ1n) is 14.2. The first-order chi connectivity index (χ1) is 21.4. The number of benzene rings is 2. The van der Waals surface area contributed by atoms with Crippen LogP contribution < -0.4 is 25.0 Å². The Hall–Kier alpha value is -5.29. The number of nitrogens with zero attached hydrogens (tertiary/aromatic N) is 4. The molecule has 0 unspecified atom stereocenters. The number of rotatable bonds is 8. The average molecular weight is 594 g/mol. The molecule has 2 aromatic carbocycles. The molecule has 1 aliphatic heterocycles. The average Bonchev–Trinajstić information content (AvgIpc) is 3.06. The molecule has 6 rings (SSSR count). The highest BCUT2D eigenvalue weighted by Crippen LogP contribution is 2.36. The van der Waals surface area contributed by atoms with Crippen molar-refractivity contribution in [3.63, 3.8) is 0 Å². The summed E-state index contributed by atoms with van der Waals surface area (Å²) in [5, 5.41) is 7.93. The van der Waals surface area contributed by atoms with Gasteiger partial charge in [0.1, 0.15) is 17.3 Å². The van der Waals surface area contributed by atoms with Gasteiger partial charge in [-0.05, 0) is 49.6 Å². The number of aryl methyl sites for hydroxylation is 1. The van der Waals surface area contributed by atoms with Crippen LogP contribution in [0.4, 0.5) is 5.82 Å². The zero-order valence-corrected chi connectivity index (χ0v) is 24.6. The van der Waals surface area contributed by atoms with Crippen LogP contribution in [0.5, 0.6) is 23.0 Å². The Labute approximate surface area is 253 Å². The molecule has 0 aliphatic carbocycles. The van der Waals surface area contributed by atoms with Crippen molar-refractivity contribution in [3.05, 3.63) is 94.7 Å². The number of methoxy groups -OCH3 is 2. The van der Waals surface area contributed by atoms with Crippen LogP contribution in [0.1, 0.15) is 34.9 Å². The normalized spacial score (nSPS) is 13.4. The van der Waals surface area contributed by atoms with Crippen LogP contribution >= 0.6 is 0 Å². The number of hydrogen-bond donors (Lipinski definition) is 1. The maximum atomic E-state index is 13.5. The van der Waals surface area contributed by atoms with Crippen LogP contribution in [0.25, 0.3) is 22.0 Å². The fourth-order valence-electron chi connectivity index (χ4n) is 5.09. The smallest absolute Gasteiger partial charge is 0.281 e.